The SMILES string of the molecule is Cc1nc2cc(NC(=O)c3cc4sc(NC5CCN(Cc6ccc(F)cc6)CC5)nc4s3)ccc2o1. The molecular weight excluding hydrogens is 497 g/mol. The van der Waals surface area contributed by atoms with E-state index in [2.05, 4.69) is 20.5 Å². The second-order valence-corrected chi connectivity index (χ2v) is 11.1. The number of aromatic nitrogens is 2. The van der Waals surface area contributed by atoms with Crippen LogP contribution >= 0.6 is 22.7 Å². The zero-order valence-corrected chi connectivity index (χ0v) is 21.2. The molecule has 184 valence electrons. The van der Waals surface area contributed by atoms with Gasteiger partial charge in [-0.1, -0.05) is 23.5 Å². The highest BCUT2D eigenvalue weighted by Crippen LogP contribution is 2.34. The van der Waals surface area contributed by atoms with Crippen molar-refractivity contribution in [1.29, 1.82) is 0 Å². The molecule has 0 atom stereocenters. The van der Waals surface area contributed by atoms with E-state index in [0.29, 0.717) is 28.1 Å². The van der Waals surface area contributed by atoms with E-state index in [9.17, 15) is 9.18 Å². The molecule has 0 saturated carbocycles. The molecule has 36 heavy (non-hydrogen) atoms. The normalized spacial score (nSPS) is 15.1. The summed E-state index contributed by atoms with van der Waals surface area (Å²) in [7, 11) is 0. The van der Waals surface area contributed by atoms with Crippen LogP contribution in [0.1, 0.15) is 34.0 Å². The van der Waals surface area contributed by atoms with Crippen LogP contribution in [0, 0.1) is 12.7 Å². The number of thiophene rings is 1. The molecule has 1 fully saturated rings. The van der Waals surface area contributed by atoms with Gasteiger partial charge in [0.2, 0.25) is 0 Å². The Morgan fingerprint density at radius 2 is 1.92 bits per heavy atom. The van der Waals surface area contributed by atoms with E-state index < -0.39 is 0 Å². The maximum absolute atomic E-state index is 13.1. The van der Waals surface area contributed by atoms with Gasteiger partial charge in [-0.05, 0) is 54.8 Å². The molecular formula is C26H24FN5O2S2. The van der Waals surface area contributed by atoms with Crippen molar-refractivity contribution in [2.24, 2.45) is 0 Å². The number of thiazole rings is 1. The lowest BCUT2D eigenvalue weighted by Gasteiger charge is -2.32. The number of likely N-dealkylation sites (tertiary alicyclic amines) is 1. The second-order valence-electron chi connectivity index (χ2n) is 8.99. The van der Waals surface area contributed by atoms with Gasteiger partial charge in [-0.3, -0.25) is 9.69 Å². The Labute approximate surface area is 215 Å². The minimum atomic E-state index is -0.197. The average Bonchev–Trinajstić information content (AvgIpc) is 3.54. The van der Waals surface area contributed by atoms with Crippen LogP contribution in [0.15, 0.2) is 52.9 Å². The van der Waals surface area contributed by atoms with Gasteiger partial charge in [0.05, 0.1) is 9.58 Å². The first-order chi connectivity index (χ1) is 17.5. The molecule has 0 aliphatic carbocycles. The van der Waals surface area contributed by atoms with Gasteiger partial charge in [0.15, 0.2) is 16.6 Å². The molecule has 2 aromatic carbocycles. The minimum Gasteiger partial charge on any atom is -0.441 e. The standard InChI is InChI=1S/C26H24FN5O2S2/c1-15-28-20-12-19(6-7-21(20)34-15)29-24(33)22-13-23-25(35-22)31-26(36-23)30-18-8-10-32(11-9-18)14-16-2-4-17(27)5-3-16/h2-7,12-13,18H,8-11,14H2,1H3,(H,29,33)(H,30,31). The summed E-state index contributed by atoms with van der Waals surface area (Å²) in [4.78, 5) is 25.7. The van der Waals surface area contributed by atoms with Gasteiger partial charge >= 0.3 is 0 Å². The first-order valence-corrected chi connectivity index (χ1v) is 13.4. The summed E-state index contributed by atoms with van der Waals surface area (Å²) >= 11 is 2.98. The number of nitrogens with zero attached hydrogens (tertiary/aromatic N) is 3. The molecule has 6 rings (SSSR count). The number of aryl methyl sites for hydroxylation is 1. The average molecular weight is 522 g/mol. The lowest BCUT2D eigenvalue weighted by molar-refractivity contribution is 0.103. The number of benzene rings is 2. The number of carbonyl (C=O) groups is 1. The van der Waals surface area contributed by atoms with Gasteiger partial charge in [-0.25, -0.2) is 14.4 Å². The molecule has 3 aromatic heterocycles. The fourth-order valence-electron chi connectivity index (χ4n) is 4.48. The number of halogens is 1. The Morgan fingerprint density at radius 1 is 1.11 bits per heavy atom. The van der Waals surface area contributed by atoms with Gasteiger partial charge < -0.3 is 15.1 Å². The number of hydrogen-bond donors (Lipinski definition) is 2. The van der Waals surface area contributed by atoms with Crippen LogP contribution in [0.4, 0.5) is 15.2 Å². The quantitative estimate of drug-likeness (QED) is 0.274. The van der Waals surface area contributed by atoms with E-state index in [4.69, 9.17) is 9.40 Å². The summed E-state index contributed by atoms with van der Waals surface area (Å²) in [5.74, 6) is 0.239. The van der Waals surface area contributed by atoms with Gasteiger partial charge in [-0.2, -0.15) is 0 Å². The van der Waals surface area contributed by atoms with Crippen LogP contribution in [-0.4, -0.2) is 39.9 Å². The highest BCUT2D eigenvalue weighted by Gasteiger charge is 2.21. The van der Waals surface area contributed by atoms with Crippen LogP contribution < -0.4 is 10.6 Å². The predicted molar refractivity (Wildman–Crippen MR) is 143 cm³/mol. The zero-order chi connectivity index (χ0) is 24.6. The number of rotatable bonds is 6. The number of anilines is 2. The van der Waals surface area contributed by atoms with Crippen molar-refractivity contribution in [3.05, 3.63) is 70.7 Å². The molecule has 0 bridgehead atoms. The molecule has 1 aliphatic rings. The molecule has 0 unspecified atom stereocenters. The van der Waals surface area contributed by atoms with Crippen molar-refractivity contribution in [3.63, 3.8) is 0 Å². The largest absolute Gasteiger partial charge is 0.441 e. The molecule has 10 heteroatoms. The fraction of sp³-hybridized carbons (Fsp3) is 0.269. The van der Waals surface area contributed by atoms with Crippen molar-refractivity contribution in [1.82, 2.24) is 14.9 Å². The third-order valence-electron chi connectivity index (χ3n) is 6.30. The van der Waals surface area contributed by atoms with Gasteiger partial charge in [-0.15, -0.1) is 11.3 Å². The number of carbonyl (C=O) groups excluding carboxylic acids is 1. The molecule has 5 aromatic rings. The fourth-order valence-corrected chi connectivity index (χ4v) is 6.57. The lowest BCUT2D eigenvalue weighted by atomic mass is 10.0. The number of fused-ring (bicyclic) bond motifs is 2. The Balaban J connectivity index is 1.04. The minimum absolute atomic E-state index is 0.159. The topological polar surface area (TPSA) is 83.3 Å². The van der Waals surface area contributed by atoms with E-state index in [0.717, 1.165) is 58.2 Å². The Bertz CT molecular complexity index is 1500. The smallest absolute Gasteiger partial charge is 0.265 e. The summed E-state index contributed by atoms with van der Waals surface area (Å²) < 4.78 is 19.6. The Kier molecular flexibility index (Phi) is 6.16. The summed E-state index contributed by atoms with van der Waals surface area (Å²) in [5.41, 5.74) is 3.23. The Hall–Kier alpha value is -3.34. The highest BCUT2D eigenvalue weighted by atomic mass is 32.1. The van der Waals surface area contributed by atoms with Crippen LogP contribution in [0.25, 0.3) is 20.6 Å². The van der Waals surface area contributed by atoms with E-state index in [1.54, 1.807) is 18.3 Å². The van der Waals surface area contributed by atoms with Crippen molar-refractivity contribution in [2.45, 2.75) is 32.4 Å². The molecule has 4 heterocycles. The summed E-state index contributed by atoms with van der Waals surface area (Å²) in [6, 6.07) is 14.5. The molecule has 1 amide bonds. The van der Waals surface area contributed by atoms with Crippen LogP contribution in [0.2, 0.25) is 0 Å². The maximum atomic E-state index is 13.1. The van der Waals surface area contributed by atoms with Crippen LogP contribution in [0.5, 0.6) is 0 Å². The summed E-state index contributed by atoms with van der Waals surface area (Å²) in [6.07, 6.45) is 2.05. The van der Waals surface area contributed by atoms with Crippen LogP contribution in [0.3, 0.4) is 0 Å². The van der Waals surface area contributed by atoms with Gasteiger partial charge in [0, 0.05) is 38.3 Å². The molecule has 7 nitrogen and oxygen atoms in total. The van der Waals surface area contributed by atoms with Crippen LogP contribution in [-0.2, 0) is 6.54 Å². The van der Waals surface area contributed by atoms with Gasteiger partial charge in [0.25, 0.3) is 5.91 Å². The first kappa shape index (κ1) is 23.1. The summed E-state index contributed by atoms with van der Waals surface area (Å²) in [5, 5.41) is 7.42. The highest BCUT2D eigenvalue weighted by molar-refractivity contribution is 7.29. The van der Waals surface area contributed by atoms with E-state index >= 15 is 0 Å². The molecule has 0 spiro atoms. The monoisotopic (exact) mass is 521 g/mol. The van der Waals surface area contributed by atoms with Crippen molar-refractivity contribution in [3.8, 4) is 0 Å². The van der Waals surface area contributed by atoms with Gasteiger partial charge in [0.1, 0.15) is 16.2 Å². The Morgan fingerprint density at radius 3 is 2.69 bits per heavy atom. The molecule has 2 N–H and O–H groups in total. The number of hydrogen-bond acceptors (Lipinski definition) is 8. The third-order valence-corrected chi connectivity index (χ3v) is 8.39. The predicted octanol–water partition coefficient (Wildman–Crippen LogP) is 6.28. The summed E-state index contributed by atoms with van der Waals surface area (Å²) in [6.45, 7) is 4.61. The van der Waals surface area contributed by atoms with Crippen molar-refractivity contribution in [2.75, 3.05) is 23.7 Å². The van der Waals surface area contributed by atoms with Crippen molar-refractivity contribution >= 4 is 60.0 Å². The number of amides is 1. The number of piperidine rings is 1. The lowest BCUT2D eigenvalue weighted by Crippen LogP contribution is -2.38. The number of oxazole rings is 1. The number of nitrogens with one attached hydrogen (secondary N) is 2. The second kappa shape index (κ2) is 9.61. The third kappa shape index (κ3) is 4.97. The van der Waals surface area contributed by atoms with E-state index in [1.807, 2.05) is 36.4 Å². The molecule has 1 saturated heterocycles. The molecule has 1 aliphatic heterocycles. The van der Waals surface area contributed by atoms with E-state index in [1.165, 1.54) is 23.5 Å². The first-order valence-electron chi connectivity index (χ1n) is 11.8. The molecule has 0 radical (unpaired) electrons. The van der Waals surface area contributed by atoms with E-state index in [-0.39, 0.29) is 11.7 Å². The zero-order valence-electron chi connectivity index (χ0n) is 19.6. The van der Waals surface area contributed by atoms with Crippen molar-refractivity contribution < 1.29 is 13.6 Å². The maximum Gasteiger partial charge on any atom is 0.265 e.